The first-order chi connectivity index (χ1) is 15.4. The molecule has 2 aromatic carbocycles. The minimum atomic E-state index is -2.69. The van der Waals surface area contributed by atoms with Crippen molar-refractivity contribution < 1.29 is 13.9 Å². The van der Waals surface area contributed by atoms with Crippen molar-refractivity contribution in [2.24, 2.45) is 5.41 Å². The summed E-state index contributed by atoms with van der Waals surface area (Å²) in [4.78, 5) is 0. The maximum atomic E-state index is 7.43. The van der Waals surface area contributed by atoms with E-state index >= 15 is 0 Å². The van der Waals surface area contributed by atoms with Gasteiger partial charge in [-0.25, -0.2) is 0 Å². The first kappa shape index (κ1) is 26.1. The summed E-state index contributed by atoms with van der Waals surface area (Å²) >= 11 is 0. The largest absolute Gasteiger partial charge is 0.399 e. The molecule has 0 unspecified atom stereocenters. The molecule has 1 aliphatic rings. The van der Waals surface area contributed by atoms with Gasteiger partial charge in [-0.3, -0.25) is 0 Å². The van der Waals surface area contributed by atoms with E-state index in [4.69, 9.17) is 13.9 Å². The molecule has 2 atom stereocenters. The van der Waals surface area contributed by atoms with Gasteiger partial charge in [0.25, 0.3) is 8.32 Å². The maximum absolute atomic E-state index is 7.43. The molecular weight excluding hydrogens is 440 g/mol. The van der Waals surface area contributed by atoms with E-state index in [1.54, 1.807) is 0 Å². The molecule has 1 heterocycles. The lowest BCUT2D eigenvalue weighted by Gasteiger charge is -2.47. The quantitative estimate of drug-likeness (QED) is 0.447. The molecule has 3 rings (SSSR count). The van der Waals surface area contributed by atoms with Crippen molar-refractivity contribution in [3.63, 3.8) is 0 Å². The van der Waals surface area contributed by atoms with Crippen LogP contribution in [0, 0.1) is 5.41 Å². The molecule has 0 saturated carbocycles. The third kappa shape index (κ3) is 5.95. The van der Waals surface area contributed by atoms with E-state index in [0.29, 0.717) is 13.2 Å². The Morgan fingerprint density at radius 3 is 1.91 bits per heavy atom. The molecule has 5 heteroatoms. The van der Waals surface area contributed by atoms with Gasteiger partial charge < -0.3 is 13.9 Å². The molecule has 1 aliphatic heterocycles. The van der Waals surface area contributed by atoms with Crippen LogP contribution in [0.15, 0.2) is 72.4 Å². The van der Waals surface area contributed by atoms with Crippen molar-refractivity contribution in [3.05, 3.63) is 72.4 Å². The minimum absolute atomic E-state index is 0.0866. The van der Waals surface area contributed by atoms with Crippen LogP contribution in [-0.2, 0) is 13.9 Å². The second kappa shape index (κ2) is 10.0. The van der Waals surface area contributed by atoms with Crippen LogP contribution >= 0.6 is 0 Å². The van der Waals surface area contributed by atoms with E-state index in [0.717, 1.165) is 0 Å². The Morgan fingerprint density at radius 1 is 0.939 bits per heavy atom. The van der Waals surface area contributed by atoms with E-state index in [2.05, 4.69) is 127 Å². The van der Waals surface area contributed by atoms with E-state index in [9.17, 15) is 0 Å². The molecule has 0 aliphatic carbocycles. The summed E-state index contributed by atoms with van der Waals surface area (Å²) in [6.07, 6.45) is 1.61. The molecule has 2 aromatic rings. The zero-order chi connectivity index (χ0) is 24.3. The Kier molecular flexibility index (Phi) is 7.91. The predicted molar refractivity (Wildman–Crippen MR) is 144 cm³/mol. The van der Waals surface area contributed by atoms with Crippen LogP contribution in [0.3, 0.4) is 0 Å². The Labute approximate surface area is 203 Å². The molecule has 0 radical (unpaired) electrons. The van der Waals surface area contributed by atoms with Crippen molar-refractivity contribution in [2.75, 3.05) is 13.2 Å². The summed E-state index contributed by atoms with van der Waals surface area (Å²) in [5, 5.41) is 2.48. The second-order valence-electron chi connectivity index (χ2n) is 12.0. The second-order valence-corrected chi connectivity index (χ2v) is 21.3. The van der Waals surface area contributed by atoms with Gasteiger partial charge in [0.1, 0.15) is 6.10 Å². The highest BCUT2D eigenvalue weighted by Gasteiger charge is 2.56. The van der Waals surface area contributed by atoms with Crippen molar-refractivity contribution in [3.8, 4) is 0 Å². The van der Waals surface area contributed by atoms with E-state index in [1.807, 2.05) is 0 Å². The topological polar surface area (TPSA) is 27.7 Å². The van der Waals surface area contributed by atoms with Crippen molar-refractivity contribution in [1.82, 2.24) is 0 Å². The number of hydrogen-bond donors (Lipinski definition) is 0. The van der Waals surface area contributed by atoms with Crippen molar-refractivity contribution >= 4 is 26.8 Å². The van der Waals surface area contributed by atoms with E-state index < -0.39 is 16.4 Å². The molecule has 1 saturated heterocycles. The lowest BCUT2D eigenvalue weighted by Crippen LogP contribution is -2.69. The number of hydrogen-bond acceptors (Lipinski definition) is 3. The Morgan fingerprint density at radius 2 is 1.45 bits per heavy atom. The highest BCUT2D eigenvalue weighted by molar-refractivity contribution is 6.99. The first-order valence-electron chi connectivity index (χ1n) is 12.1. The van der Waals surface area contributed by atoms with Gasteiger partial charge in [-0.05, 0) is 15.4 Å². The average molecular weight is 483 g/mol. The van der Waals surface area contributed by atoms with Crippen molar-refractivity contribution in [1.29, 1.82) is 0 Å². The van der Waals surface area contributed by atoms with E-state index in [1.165, 1.54) is 10.4 Å². The van der Waals surface area contributed by atoms with Crippen LogP contribution in [0.2, 0.25) is 24.7 Å². The maximum Gasteiger partial charge on any atom is 0.261 e. The fourth-order valence-corrected chi connectivity index (χ4v) is 10.2. The molecule has 0 spiro atoms. The number of benzene rings is 2. The predicted octanol–water partition coefficient (Wildman–Crippen LogP) is 5.76. The van der Waals surface area contributed by atoms with Crippen LogP contribution in [0.1, 0.15) is 34.6 Å². The van der Waals surface area contributed by atoms with Gasteiger partial charge in [-0.2, -0.15) is 0 Å². The summed E-state index contributed by atoms with van der Waals surface area (Å²) in [5.74, 6) is 0. The number of rotatable bonds is 8. The van der Waals surface area contributed by atoms with Crippen molar-refractivity contribution in [2.45, 2.75) is 71.7 Å². The fraction of sp³-hybridized carbons (Fsp3) is 0.500. The van der Waals surface area contributed by atoms with Crippen LogP contribution in [0.5, 0.6) is 0 Å². The summed E-state index contributed by atoms with van der Waals surface area (Å²) in [7, 11) is -3.95. The smallest absolute Gasteiger partial charge is 0.261 e. The van der Waals surface area contributed by atoms with Crippen LogP contribution in [0.25, 0.3) is 0 Å². The van der Waals surface area contributed by atoms with Gasteiger partial charge in [0.05, 0.1) is 21.3 Å². The Bertz CT molecular complexity index is 872. The molecule has 0 aromatic heterocycles. The third-order valence-corrected chi connectivity index (χ3v) is 12.6. The summed E-state index contributed by atoms with van der Waals surface area (Å²) in [5.41, 5.74) is 2.17. The van der Waals surface area contributed by atoms with Gasteiger partial charge in [0.15, 0.2) is 6.29 Å². The summed E-state index contributed by atoms with van der Waals surface area (Å²) in [6, 6.07) is 21.6. The lowest BCUT2D eigenvalue weighted by molar-refractivity contribution is -0.141. The monoisotopic (exact) mass is 482 g/mol. The summed E-state index contributed by atoms with van der Waals surface area (Å²) < 4.78 is 19.9. The van der Waals surface area contributed by atoms with Gasteiger partial charge in [0, 0.05) is 5.41 Å². The third-order valence-electron chi connectivity index (χ3n) is 6.33. The molecule has 33 heavy (non-hydrogen) atoms. The van der Waals surface area contributed by atoms with Gasteiger partial charge in [-0.1, -0.05) is 127 Å². The van der Waals surface area contributed by atoms with Gasteiger partial charge in [0.2, 0.25) is 0 Å². The average Bonchev–Trinajstić information content (AvgIpc) is 3.02. The fourth-order valence-electron chi connectivity index (χ4n) is 4.62. The number of ether oxygens (including phenoxy) is 2. The Hall–Kier alpha value is -1.51. The standard InChI is InChI=1S/C28H42O3Si2/c1-27(2,3)33(23-16-11-9-12-17-23,24-18-13-10-14-19-24)31-25-26(30-22-28(25,4)5)29-20-15-21-32(6,7)8/h9-19,21,25-26H,20,22H2,1-8H3/b21-15+/t25-,26+/m0/s1. The normalized spacial score (nSPS) is 21.6. The molecule has 0 bridgehead atoms. The van der Waals surface area contributed by atoms with E-state index in [-0.39, 0.29) is 22.8 Å². The zero-order valence-corrected chi connectivity index (χ0v) is 23.7. The molecule has 1 fully saturated rings. The molecule has 3 nitrogen and oxygen atoms in total. The highest BCUT2D eigenvalue weighted by atomic mass is 28.4. The van der Waals surface area contributed by atoms with Gasteiger partial charge in [-0.15, -0.1) is 0 Å². The first-order valence-corrected chi connectivity index (χ1v) is 17.6. The molecular formula is C28H42O3Si2. The summed E-state index contributed by atoms with van der Waals surface area (Å²) in [6.45, 7) is 19.6. The van der Waals surface area contributed by atoms with Crippen LogP contribution in [-0.4, -0.2) is 42.0 Å². The SMILES string of the molecule is CC1(C)CO[C@@H](OC/C=C/[Si](C)(C)C)[C@@H]1O[Si](c1ccccc1)(c1ccccc1)C(C)(C)C. The highest BCUT2D eigenvalue weighted by Crippen LogP contribution is 2.43. The molecule has 180 valence electrons. The van der Waals surface area contributed by atoms with Crippen LogP contribution < -0.4 is 10.4 Å². The minimum Gasteiger partial charge on any atom is -0.399 e. The van der Waals surface area contributed by atoms with Gasteiger partial charge >= 0.3 is 0 Å². The molecule has 0 amide bonds. The van der Waals surface area contributed by atoms with Crippen LogP contribution in [0.4, 0.5) is 0 Å². The zero-order valence-electron chi connectivity index (χ0n) is 21.7. The molecule has 0 N–H and O–H groups in total. The lowest BCUT2D eigenvalue weighted by atomic mass is 9.90. The Balaban J connectivity index is 2.02.